The second kappa shape index (κ2) is 35.5. The van der Waals surface area contributed by atoms with Crippen molar-refractivity contribution in [3.05, 3.63) is 72.9 Å². The zero-order valence-corrected chi connectivity index (χ0v) is 39.6. The highest BCUT2D eigenvalue weighted by molar-refractivity contribution is 7.47. The van der Waals surface area contributed by atoms with E-state index in [1.165, 1.54) is 0 Å². The molecule has 0 aromatic rings. The Labute approximate surface area is 384 Å². The van der Waals surface area contributed by atoms with Gasteiger partial charge in [0.2, 0.25) is 0 Å². The number of unbranched alkanes of at least 4 members (excludes halogenated alkanes) is 8. The molecule has 0 saturated heterocycles. The number of rotatable bonds is 36. The number of phosphoric ester groups is 2. The quantitative estimate of drug-likeness (QED) is 0.0114. The first-order chi connectivity index (χ1) is 30.9. The van der Waals surface area contributed by atoms with Gasteiger partial charge in [0.05, 0.1) is 18.8 Å². The van der Waals surface area contributed by atoms with Crippen molar-refractivity contribution in [2.24, 2.45) is 0 Å². The maximum Gasteiger partial charge on any atom is 0.472 e. The van der Waals surface area contributed by atoms with Crippen molar-refractivity contribution in [1.29, 1.82) is 0 Å². The van der Waals surface area contributed by atoms with Crippen molar-refractivity contribution >= 4 is 27.6 Å². The highest BCUT2D eigenvalue weighted by atomic mass is 31.2. The molecule has 0 spiro atoms. The fraction of sp³-hybridized carbons (Fsp3) is 0.689. The van der Waals surface area contributed by atoms with Crippen molar-refractivity contribution in [2.45, 2.75) is 184 Å². The summed E-state index contributed by atoms with van der Waals surface area (Å²) in [6.07, 6.45) is 19.3. The molecular formula is C45H76O18P2. The lowest BCUT2D eigenvalue weighted by atomic mass is 9.85. The second-order valence-electron chi connectivity index (χ2n) is 15.8. The van der Waals surface area contributed by atoms with Crippen LogP contribution in [0.2, 0.25) is 0 Å². The first-order valence-electron chi connectivity index (χ1n) is 22.7. The summed E-state index contributed by atoms with van der Waals surface area (Å²) in [7, 11) is -10.8. The fourth-order valence-electron chi connectivity index (χ4n) is 6.33. The van der Waals surface area contributed by atoms with Crippen LogP contribution in [0.1, 0.15) is 129 Å². The molecule has 1 rings (SSSR count). The van der Waals surface area contributed by atoms with Crippen LogP contribution in [0.15, 0.2) is 72.9 Å². The van der Waals surface area contributed by atoms with Gasteiger partial charge in [-0.05, 0) is 57.8 Å². The van der Waals surface area contributed by atoms with E-state index in [9.17, 15) is 54.3 Å². The number of hydrogen-bond donors (Lipinski definition) is 9. The van der Waals surface area contributed by atoms with Gasteiger partial charge in [0, 0.05) is 12.8 Å². The summed E-state index contributed by atoms with van der Waals surface area (Å²) in [6.45, 7) is 2.71. The van der Waals surface area contributed by atoms with Crippen molar-refractivity contribution < 1.29 is 87.1 Å². The molecule has 18 nitrogen and oxygen atoms in total. The third kappa shape index (κ3) is 30.4. The Morgan fingerprint density at radius 2 is 1.12 bits per heavy atom. The predicted octanol–water partition coefficient (Wildman–Crippen LogP) is 6.00. The Bertz CT molecular complexity index is 1580. The standard InChI is InChI=1S/C45H76O18P2/c1-3-5-7-8-9-10-11-12-13-14-18-21-25-31-39(49)61-37(34-60-65(57,58)63-45-42(52)40(50)41(51)44(43(45)53)62-64(54,55)56)33-59-38(48)32-26-30-36(47)29-24-20-17-15-16-19-23-28-35(46)27-22-6-4-2/h7-8,10-11,16-17,19-20,23-24,28-29,35-37,40-47,50-53H,3-6,9,12-15,18,21-22,25-27,30-34H2,1-2H3,(H,57,58)(H2,54,55,56)/b8-7-,11-10-,19-16-,20-17-,28-23+,29-24+/t35-,36-,37+,40?,41?,42?,43?,44+,45-/m0/s1. The Kier molecular flexibility index (Phi) is 33.0. The molecule has 1 saturated carbocycles. The van der Waals surface area contributed by atoms with Gasteiger partial charge in [0.25, 0.3) is 0 Å². The Hall–Kier alpha value is -2.64. The molecule has 5 unspecified atom stereocenters. The van der Waals surface area contributed by atoms with E-state index in [-0.39, 0.29) is 25.7 Å². The number of ether oxygens (including phenoxy) is 2. The topological polar surface area (TPSA) is 296 Å². The fourth-order valence-corrected chi connectivity index (χ4v) is 7.87. The van der Waals surface area contributed by atoms with E-state index < -0.39 is 95.7 Å². The van der Waals surface area contributed by atoms with Crippen molar-refractivity contribution in [1.82, 2.24) is 0 Å². The highest BCUT2D eigenvalue weighted by Crippen LogP contribution is 2.49. The molecule has 0 radical (unpaired) electrons. The normalized spacial score (nSPS) is 23.3. The molecule has 10 atom stereocenters. The van der Waals surface area contributed by atoms with E-state index in [0.29, 0.717) is 12.8 Å². The van der Waals surface area contributed by atoms with Crippen molar-refractivity contribution in [2.75, 3.05) is 13.2 Å². The molecule has 0 aromatic carbocycles. The zero-order chi connectivity index (χ0) is 48.5. The number of allylic oxidation sites excluding steroid dienone is 10. The minimum absolute atomic E-state index is 0.0255. The van der Waals surface area contributed by atoms with Crippen LogP contribution in [0.5, 0.6) is 0 Å². The third-order valence-corrected chi connectivity index (χ3v) is 11.4. The van der Waals surface area contributed by atoms with Crippen LogP contribution in [0, 0.1) is 0 Å². The van der Waals surface area contributed by atoms with Crippen LogP contribution >= 0.6 is 15.6 Å². The molecule has 1 fully saturated rings. The number of phosphoric acid groups is 2. The summed E-state index contributed by atoms with van der Waals surface area (Å²) in [5.41, 5.74) is 0. The minimum Gasteiger partial charge on any atom is -0.462 e. The van der Waals surface area contributed by atoms with Crippen LogP contribution in [-0.2, 0) is 41.8 Å². The molecule has 374 valence electrons. The zero-order valence-electron chi connectivity index (χ0n) is 37.9. The summed E-state index contributed by atoms with van der Waals surface area (Å²) in [5.74, 6) is -1.46. The molecular weight excluding hydrogens is 890 g/mol. The van der Waals surface area contributed by atoms with Crippen molar-refractivity contribution in [3.8, 4) is 0 Å². The van der Waals surface area contributed by atoms with Gasteiger partial charge in [-0.25, -0.2) is 9.13 Å². The Balaban J connectivity index is 2.73. The number of aliphatic hydroxyl groups is 6. The van der Waals surface area contributed by atoms with E-state index in [4.69, 9.17) is 28.3 Å². The number of aliphatic hydroxyl groups excluding tert-OH is 6. The van der Waals surface area contributed by atoms with Gasteiger partial charge in [0.1, 0.15) is 43.2 Å². The van der Waals surface area contributed by atoms with Crippen LogP contribution in [0.4, 0.5) is 0 Å². The summed E-state index contributed by atoms with van der Waals surface area (Å²) in [5, 5.41) is 61.4. The van der Waals surface area contributed by atoms with E-state index in [1.54, 1.807) is 24.3 Å². The van der Waals surface area contributed by atoms with Gasteiger partial charge in [-0.2, -0.15) is 0 Å². The molecule has 1 aliphatic carbocycles. The predicted molar refractivity (Wildman–Crippen MR) is 244 cm³/mol. The van der Waals surface area contributed by atoms with E-state index in [1.807, 2.05) is 24.3 Å². The van der Waals surface area contributed by atoms with Crippen LogP contribution in [0.25, 0.3) is 0 Å². The van der Waals surface area contributed by atoms with Gasteiger partial charge in [-0.15, -0.1) is 0 Å². The molecule has 65 heavy (non-hydrogen) atoms. The molecule has 0 bridgehead atoms. The van der Waals surface area contributed by atoms with Gasteiger partial charge >= 0.3 is 27.6 Å². The smallest absolute Gasteiger partial charge is 0.462 e. The molecule has 20 heteroatoms. The summed E-state index contributed by atoms with van der Waals surface area (Å²) < 4.78 is 49.1. The molecule has 0 aromatic heterocycles. The van der Waals surface area contributed by atoms with E-state index in [0.717, 1.165) is 77.0 Å². The first kappa shape index (κ1) is 60.4. The lowest BCUT2D eigenvalue weighted by Crippen LogP contribution is -2.64. The van der Waals surface area contributed by atoms with Gasteiger partial charge in [-0.3, -0.25) is 23.2 Å². The minimum atomic E-state index is -5.39. The average molecular weight is 967 g/mol. The second-order valence-corrected chi connectivity index (χ2v) is 18.4. The average Bonchev–Trinajstić information content (AvgIpc) is 3.25. The maximum absolute atomic E-state index is 13.0. The van der Waals surface area contributed by atoms with Crippen LogP contribution in [0.3, 0.4) is 0 Å². The molecule has 0 aliphatic heterocycles. The largest absolute Gasteiger partial charge is 0.472 e. The SMILES string of the molecule is CCC/C=C\C/C=C\CCCCCCCC(=O)O[C@H](COC(=O)CCC[C@@H](O)/C=C/C=C\C/C=C\C=C\[C@@H](O)CCCCC)COP(=O)(O)O[C@H]1C(O)C(O)C(O)[C@@H](OP(=O)(O)O)C1O. The number of hydrogen-bond acceptors (Lipinski definition) is 15. The Morgan fingerprint density at radius 3 is 1.74 bits per heavy atom. The lowest BCUT2D eigenvalue weighted by Gasteiger charge is -2.43. The van der Waals surface area contributed by atoms with E-state index in [2.05, 4.69) is 42.7 Å². The van der Waals surface area contributed by atoms with Crippen LogP contribution < -0.4 is 0 Å². The summed E-state index contributed by atoms with van der Waals surface area (Å²) in [6, 6.07) is 0. The number of esters is 2. The van der Waals surface area contributed by atoms with Gasteiger partial charge in [0.15, 0.2) is 6.10 Å². The molecule has 0 heterocycles. The van der Waals surface area contributed by atoms with Crippen molar-refractivity contribution in [3.63, 3.8) is 0 Å². The molecule has 9 N–H and O–H groups in total. The Morgan fingerprint density at radius 1 is 0.569 bits per heavy atom. The van der Waals surface area contributed by atoms with Gasteiger partial charge < -0.3 is 54.8 Å². The number of carbonyl (C=O) groups is 2. The highest BCUT2D eigenvalue weighted by Gasteiger charge is 2.54. The monoisotopic (exact) mass is 966 g/mol. The lowest BCUT2D eigenvalue weighted by molar-refractivity contribution is -0.216. The van der Waals surface area contributed by atoms with Gasteiger partial charge in [-0.1, -0.05) is 132 Å². The molecule has 1 aliphatic rings. The number of carbonyl (C=O) groups excluding carboxylic acids is 2. The maximum atomic E-state index is 13.0. The first-order valence-corrected chi connectivity index (χ1v) is 25.7. The third-order valence-electron chi connectivity index (χ3n) is 9.94. The summed E-state index contributed by atoms with van der Waals surface area (Å²) in [4.78, 5) is 54.2. The van der Waals surface area contributed by atoms with E-state index >= 15 is 0 Å². The molecule has 0 amide bonds. The summed E-state index contributed by atoms with van der Waals surface area (Å²) >= 11 is 0. The van der Waals surface area contributed by atoms with Crippen LogP contribution in [-0.4, -0.2) is 125 Å².